The highest BCUT2D eigenvalue weighted by Crippen LogP contribution is 2.36. The maximum absolute atomic E-state index is 11.8. The van der Waals surface area contributed by atoms with Gasteiger partial charge in [-0.05, 0) is 19.8 Å². The van der Waals surface area contributed by atoms with E-state index in [-0.39, 0.29) is 22.8 Å². The van der Waals surface area contributed by atoms with E-state index in [1.165, 1.54) is 0 Å². The molecule has 24 heavy (non-hydrogen) atoms. The van der Waals surface area contributed by atoms with Crippen molar-refractivity contribution in [2.24, 2.45) is 15.8 Å². The van der Waals surface area contributed by atoms with Gasteiger partial charge in [-0.1, -0.05) is 40.5 Å². The quantitative estimate of drug-likeness (QED) is 0.336. The second-order valence-corrected chi connectivity index (χ2v) is 8.04. The zero-order valence-electron chi connectivity index (χ0n) is 16.0. The Labute approximate surface area is 146 Å². The van der Waals surface area contributed by atoms with Crippen LogP contribution < -0.4 is 16.0 Å². The number of hydrogen-bond donors (Lipinski definition) is 4. The molecule has 140 valence electrons. The molecule has 1 rings (SSSR count). The molecule has 2 unspecified atom stereocenters. The van der Waals surface area contributed by atoms with Crippen LogP contribution in [-0.2, 0) is 4.79 Å². The minimum Gasteiger partial charge on any atom is -0.392 e. The first-order valence-corrected chi connectivity index (χ1v) is 9.17. The normalized spacial score (nSPS) is 25.2. The topological polar surface area (TPSA) is 85.8 Å². The number of nitrogens with one attached hydrogen (secondary N) is 3. The number of carbonyl (C=O) groups excluding carboxylic acids is 1. The molecular formula is C18H36N4O2. The van der Waals surface area contributed by atoms with Crippen LogP contribution in [0.3, 0.4) is 0 Å². The zero-order valence-corrected chi connectivity index (χ0v) is 16.0. The third kappa shape index (κ3) is 6.67. The lowest BCUT2D eigenvalue weighted by atomic mass is 9.73. The summed E-state index contributed by atoms with van der Waals surface area (Å²) in [6, 6.07) is 0. The van der Waals surface area contributed by atoms with Crippen LogP contribution in [0.25, 0.3) is 0 Å². The molecule has 0 saturated heterocycles. The number of hydrogen-bond acceptors (Lipinski definition) is 3. The van der Waals surface area contributed by atoms with Gasteiger partial charge in [-0.2, -0.15) is 0 Å². The number of guanidine groups is 1. The van der Waals surface area contributed by atoms with Gasteiger partial charge in [0.05, 0.1) is 12.6 Å². The van der Waals surface area contributed by atoms with Crippen molar-refractivity contribution in [3.8, 4) is 0 Å². The Balaban J connectivity index is 2.46. The van der Waals surface area contributed by atoms with Gasteiger partial charge in [-0.15, -0.1) is 0 Å². The molecule has 0 aromatic rings. The third-order valence-electron chi connectivity index (χ3n) is 4.61. The summed E-state index contributed by atoms with van der Waals surface area (Å²) >= 11 is 0. The maximum atomic E-state index is 11.8. The van der Waals surface area contributed by atoms with Gasteiger partial charge in [-0.25, -0.2) is 0 Å². The standard InChI is InChI=1S/C18H36N4O2/c1-6-19-16(21-12-11-20-15(24)17(2,3)4)22-13-18(5)10-8-7-9-14(18)23/h14,23H,6-13H2,1-5H3,(H,20,24)(H2,19,21,22). The summed E-state index contributed by atoms with van der Waals surface area (Å²) in [4.78, 5) is 16.5. The lowest BCUT2D eigenvalue weighted by Gasteiger charge is -2.37. The van der Waals surface area contributed by atoms with Crippen molar-refractivity contribution in [1.29, 1.82) is 0 Å². The van der Waals surface area contributed by atoms with Gasteiger partial charge in [0.2, 0.25) is 5.91 Å². The number of carbonyl (C=O) groups is 1. The van der Waals surface area contributed by atoms with Crippen molar-refractivity contribution in [3.05, 3.63) is 0 Å². The van der Waals surface area contributed by atoms with Crippen LogP contribution in [-0.4, -0.2) is 49.3 Å². The number of amides is 1. The molecule has 0 aromatic heterocycles. The van der Waals surface area contributed by atoms with E-state index in [1.807, 2.05) is 27.7 Å². The predicted octanol–water partition coefficient (Wildman–Crippen LogP) is 1.65. The third-order valence-corrected chi connectivity index (χ3v) is 4.61. The van der Waals surface area contributed by atoms with Crippen LogP contribution in [0.1, 0.15) is 60.3 Å². The molecule has 1 fully saturated rings. The Morgan fingerprint density at radius 3 is 2.46 bits per heavy atom. The molecule has 6 heteroatoms. The van der Waals surface area contributed by atoms with E-state index < -0.39 is 0 Å². The molecule has 0 aliphatic heterocycles. The van der Waals surface area contributed by atoms with E-state index in [0.717, 1.165) is 38.2 Å². The zero-order chi connectivity index (χ0) is 18.2. The van der Waals surface area contributed by atoms with E-state index in [4.69, 9.17) is 0 Å². The highest BCUT2D eigenvalue weighted by Gasteiger charge is 2.35. The summed E-state index contributed by atoms with van der Waals surface area (Å²) in [5, 5.41) is 19.6. The average Bonchev–Trinajstić information content (AvgIpc) is 2.51. The molecule has 0 spiro atoms. The van der Waals surface area contributed by atoms with Gasteiger partial charge in [0, 0.05) is 30.5 Å². The fraction of sp³-hybridized carbons (Fsp3) is 0.889. The Morgan fingerprint density at radius 2 is 1.88 bits per heavy atom. The molecule has 1 amide bonds. The minimum absolute atomic E-state index is 0.0454. The van der Waals surface area contributed by atoms with Crippen LogP contribution in [0.5, 0.6) is 0 Å². The lowest BCUT2D eigenvalue weighted by Crippen LogP contribution is -2.44. The predicted molar refractivity (Wildman–Crippen MR) is 99.0 cm³/mol. The van der Waals surface area contributed by atoms with E-state index in [0.29, 0.717) is 19.6 Å². The summed E-state index contributed by atoms with van der Waals surface area (Å²) in [7, 11) is 0. The van der Waals surface area contributed by atoms with Crippen LogP contribution in [0, 0.1) is 10.8 Å². The summed E-state index contributed by atoms with van der Waals surface area (Å²) in [6.07, 6.45) is 3.87. The summed E-state index contributed by atoms with van der Waals surface area (Å²) in [5.41, 5.74) is -0.509. The number of aliphatic imine (C=N–C) groups is 1. The molecule has 2 atom stereocenters. The minimum atomic E-state index is -0.371. The van der Waals surface area contributed by atoms with Crippen LogP contribution in [0.2, 0.25) is 0 Å². The van der Waals surface area contributed by atoms with Crippen LogP contribution in [0.15, 0.2) is 4.99 Å². The van der Waals surface area contributed by atoms with E-state index in [2.05, 4.69) is 27.9 Å². The van der Waals surface area contributed by atoms with E-state index >= 15 is 0 Å². The van der Waals surface area contributed by atoms with Crippen molar-refractivity contribution in [2.75, 3.05) is 26.2 Å². The van der Waals surface area contributed by atoms with Crippen molar-refractivity contribution >= 4 is 11.9 Å². The molecular weight excluding hydrogens is 304 g/mol. The second-order valence-electron chi connectivity index (χ2n) is 8.04. The van der Waals surface area contributed by atoms with Crippen molar-refractivity contribution < 1.29 is 9.90 Å². The largest absolute Gasteiger partial charge is 0.392 e. The van der Waals surface area contributed by atoms with Gasteiger partial charge in [0.15, 0.2) is 5.96 Å². The van der Waals surface area contributed by atoms with Gasteiger partial charge in [0.1, 0.15) is 0 Å². The van der Waals surface area contributed by atoms with Gasteiger partial charge < -0.3 is 21.1 Å². The first kappa shape index (κ1) is 20.7. The average molecular weight is 341 g/mol. The SMILES string of the molecule is CCNC(=NCC1(C)CCCCC1O)NCCNC(=O)C(C)(C)C. The Morgan fingerprint density at radius 1 is 1.21 bits per heavy atom. The smallest absolute Gasteiger partial charge is 0.225 e. The number of nitrogens with zero attached hydrogens (tertiary/aromatic N) is 1. The molecule has 6 nitrogen and oxygen atoms in total. The van der Waals surface area contributed by atoms with Crippen molar-refractivity contribution in [2.45, 2.75) is 66.4 Å². The fourth-order valence-electron chi connectivity index (χ4n) is 2.79. The molecule has 0 heterocycles. The molecule has 1 aliphatic carbocycles. The monoisotopic (exact) mass is 340 g/mol. The fourth-order valence-corrected chi connectivity index (χ4v) is 2.79. The number of aliphatic hydroxyl groups excluding tert-OH is 1. The first-order valence-electron chi connectivity index (χ1n) is 9.17. The van der Waals surface area contributed by atoms with Gasteiger partial charge in [0.25, 0.3) is 0 Å². The second kappa shape index (κ2) is 9.25. The Kier molecular flexibility index (Phi) is 8.00. The lowest BCUT2D eigenvalue weighted by molar-refractivity contribution is -0.128. The molecule has 0 aromatic carbocycles. The molecule has 1 aliphatic rings. The van der Waals surface area contributed by atoms with E-state index in [1.54, 1.807) is 0 Å². The van der Waals surface area contributed by atoms with E-state index in [9.17, 15) is 9.90 Å². The summed E-state index contributed by atoms with van der Waals surface area (Å²) in [6.45, 7) is 12.4. The van der Waals surface area contributed by atoms with Gasteiger partial charge in [-0.3, -0.25) is 9.79 Å². The van der Waals surface area contributed by atoms with Crippen LogP contribution >= 0.6 is 0 Å². The maximum Gasteiger partial charge on any atom is 0.225 e. The number of aliphatic hydroxyl groups is 1. The van der Waals surface area contributed by atoms with Crippen molar-refractivity contribution in [3.63, 3.8) is 0 Å². The summed E-state index contributed by atoms with van der Waals surface area (Å²) in [5.74, 6) is 0.783. The van der Waals surface area contributed by atoms with Crippen LogP contribution in [0.4, 0.5) is 0 Å². The molecule has 0 bridgehead atoms. The Hall–Kier alpha value is -1.30. The molecule has 0 radical (unpaired) electrons. The molecule has 4 N–H and O–H groups in total. The molecule has 1 saturated carbocycles. The van der Waals surface area contributed by atoms with Crippen molar-refractivity contribution in [1.82, 2.24) is 16.0 Å². The first-order chi connectivity index (χ1) is 11.2. The number of rotatable bonds is 6. The highest BCUT2D eigenvalue weighted by atomic mass is 16.3. The highest BCUT2D eigenvalue weighted by molar-refractivity contribution is 5.81. The van der Waals surface area contributed by atoms with Gasteiger partial charge >= 0.3 is 0 Å². The Bertz CT molecular complexity index is 431. The summed E-state index contributed by atoms with van der Waals surface area (Å²) < 4.78 is 0.